The van der Waals surface area contributed by atoms with Crippen molar-refractivity contribution in [2.75, 3.05) is 6.61 Å². The van der Waals surface area contributed by atoms with E-state index in [4.69, 9.17) is 4.74 Å². The number of hydrogen-bond acceptors (Lipinski definition) is 3. The van der Waals surface area contributed by atoms with Gasteiger partial charge in [-0.2, -0.15) is 0 Å². The first-order chi connectivity index (χ1) is 11.7. The Bertz CT molecular complexity index is 564. The molecule has 4 nitrogen and oxygen atoms in total. The Labute approximate surface area is 144 Å². The summed E-state index contributed by atoms with van der Waals surface area (Å²) in [6.45, 7) is 0.634. The second-order valence-electron chi connectivity index (χ2n) is 7.17. The molecule has 2 fully saturated rings. The van der Waals surface area contributed by atoms with E-state index in [0.717, 1.165) is 24.8 Å². The number of Topliss-reactive ketones (excluding diaryl/α,β-unsaturated/α-hetero) is 1. The molecule has 1 aliphatic carbocycles. The van der Waals surface area contributed by atoms with Gasteiger partial charge in [0, 0.05) is 18.4 Å². The lowest BCUT2D eigenvalue weighted by molar-refractivity contribution is -0.121. The first-order valence-corrected chi connectivity index (χ1v) is 9.18. The molecule has 1 aromatic carbocycles. The summed E-state index contributed by atoms with van der Waals surface area (Å²) >= 11 is 0. The number of amides is 1. The van der Waals surface area contributed by atoms with Crippen molar-refractivity contribution in [2.24, 2.45) is 0 Å². The van der Waals surface area contributed by atoms with E-state index in [1.807, 2.05) is 30.3 Å². The molecular formula is C20H27NO3. The molecular weight excluding hydrogens is 302 g/mol. The molecule has 24 heavy (non-hydrogen) atoms. The van der Waals surface area contributed by atoms with E-state index in [-0.39, 0.29) is 23.3 Å². The first kappa shape index (κ1) is 17.2. The van der Waals surface area contributed by atoms with E-state index >= 15 is 0 Å². The second-order valence-corrected chi connectivity index (χ2v) is 7.17. The molecule has 0 unspecified atom stereocenters. The Morgan fingerprint density at radius 1 is 1.08 bits per heavy atom. The maximum Gasteiger partial charge on any atom is 0.220 e. The summed E-state index contributed by atoms with van der Waals surface area (Å²) in [6, 6.07) is 9.40. The van der Waals surface area contributed by atoms with E-state index in [2.05, 4.69) is 5.32 Å². The number of carbonyl (C=O) groups excluding carboxylic acids is 2. The average Bonchev–Trinajstić information content (AvgIpc) is 2.98. The third-order valence-electron chi connectivity index (χ3n) is 5.24. The third-order valence-corrected chi connectivity index (χ3v) is 5.24. The van der Waals surface area contributed by atoms with Gasteiger partial charge >= 0.3 is 0 Å². The number of rotatable bonds is 6. The minimum atomic E-state index is 0.0273. The van der Waals surface area contributed by atoms with Crippen LogP contribution in [0.15, 0.2) is 30.3 Å². The number of hydrogen-bond donors (Lipinski definition) is 1. The monoisotopic (exact) mass is 329 g/mol. The molecule has 3 rings (SSSR count). The van der Waals surface area contributed by atoms with Crippen LogP contribution in [0.25, 0.3) is 0 Å². The molecule has 1 N–H and O–H groups in total. The normalized spacial score (nSPS) is 22.4. The van der Waals surface area contributed by atoms with E-state index in [0.29, 0.717) is 25.9 Å². The summed E-state index contributed by atoms with van der Waals surface area (Å²) in [5.41, 5.74) is 0.751. The summed E-state index contributed by atoms with van der Waals surface area (Å²) < 4.78 is 6.03. The van der Waals surface area contributed by atoms with Gasteiger partial charge in [-0.05, 0) is 25.7 Å². The summed E-state index contributed by atoms with van der Waals surface area (Å²) in [5.74, 6) is 0.145. The highest BCUT2D eigenvalue weighted by molar-refractivity contribution is 5.96. The van der Waals surface area contributed by atoms with Crippen molar-refractivity contribution >= 4 is 11.7 Å². The summed E-state index contributed by atoms with van der Waals surface area (Å²) in [4.78, 5) is 24.1. The molecule has 0 bridgehead atoms. The van der Waals surface area contributed by atoms with E-state index < -0.39 is 0 Å². The van der Waals surface area contributed by atoms with Gasteiger partial charge in [0.15, 0.2) is 5.78 Å². The first-order valence-electron chi connectivity index (χ1n) is 9.18. The van der Waals surface area contributed by atoms with Crippen LogP contribution in [0.5, 0.6) is 0 Å². The van der Waals surface area contributed by atoms with Crippen LogP contribution in [0.1, 0.15) is 68.1 Å². The van der Waals surface area contributed by atoms with Gasteiger partial charge in [0.1, 0.15) is 0 Å². The number of ketones is 1. The molecule has 1 spiro atoms. The number of carbonyl (C=O) groups is 2. The molecule has 2 aliphatic rings. The summed E-state index contributed by atoms with van der Waals surface area (Å²) in [6.07, 6.45) is 8.41. The van der Waals surface area contributed by atoms with Crippen molar-refractivity contribution < 1.29 is 14.3 Å². The molecule has 1 heterocycles. The Kier molecular flexibility index (Phi) is 5.67. The van der Waals surface area contributed by atoms with Crippen LogP contribution in [-0.4, -0.2) is 29.9 Å². The van der Waals surface area contributed by atoms with Crippen molar-refractivity contribution in [3.63, 3.8) is 0 Å². The molecule has 1 atom stereocenters. The quantitative estimate of drug-likeness (QED) is 0.811. The highest BCUT2D eigenvalue weighted by atomic mass is 16.5. The zero-order chi connectivity index (χ0) is 16.8. The Morgan fingerprint density at radius 2 is 1.83 bits per heavy atom. The number of ether oxygens (including phenoxy) is 1. The molecule has 1 aliphatic heterocycles. The molecule has 1 amide bonds. The second kappa shape index (κ2) is 7.93. The molecule has 0 radical (unpaired) electrons. The fourth-order valence-electron chi connectivity index (χ4n) is 3.96. The molecule has 1 aromatic rings. The number of benzene rings is 1. The number of nitrogens with one attached hydrogen (secondary N) is 1. The van der Waals surface area contributed by atoms with Gasteiger partial charge in [-0.3, -0.25) is 9.59 Å². The predicted molar refractivity (Wildman–Crippen MR) is 92.9 cm³/mol. The van der Waals surface area contributed by atoms with Crippen LogP contribution >= 0.6 is 0 Å². The van der Waals surface area contributed by atoms with Crippen LogP contribution in [-0.2, 0) is 9.53 Å². The van der Waals surface area contributed by atoms with Crippen molar-refractivity contribution in [3.05, 3.63) is 35.9 Å². The minimum Gasteiger partial charge on any atom is -0.373 e. The molecule has 1 saturated carbocycles. The van der Waals surface area contributed by atoms with Crippen LogP contribution in [0, 0.1) is 0 Å². The van der Waals surface area contributed by atoms with E-state index in [1.54, 1.807) is 0 Å². The lowest BCUT2D eigenvalue weighted by Crippen LogP contribution is -2.37. The summed E-state index contributed by atoms with van der Waals surface area (Å²) in [5, 5.41) is 3.09. The molecule has 4 heteroatoms. The SMILES string of the molecule is O=C(CCCC(=O)c1ccccc1)N[C@H]1COC2(CCCCC2)C1. The van der Waals surface area contributed by atoms with Crippen LogP contribution < -0.4 is 5.32 Å². The smallest absolute Gasteiger partial charge is 0.220 e. The lowest BCUT2D eigenvalue weighted by Gasteiger charge is -2.32. The third kappa shape index (κ3) is 4.44. The fraction of sp³-hybridized carbons (Fsp3) is 0.600. The van der Waals surface area contributed by atoms with Crippen LogP contribution in [0.2, 0.25) is 0 Å². The van der Waals surface area contributed by atoms with Gasteiger partial charge < -0.3 is 10.1 Å². The van der Waals surface area contributed by atoms with Gasteiger partial charge in [-0.25, -0.2) is 0 Å². The topological polar surface area (TPSA) is 55.4 Å². The molecule has 1 saturated heterocycles. The Hall–Kier alpha value is -1.68. The standard InChI is InChI=1S/C20H27NO3/c22-18(16-8-3-1-4-9-16)10-7-11-19(23)21-17-14-20(24-15-17)12-5-2-6-13-20/h1,3-4,8-9,17H,2,5-7,10-15H2,(H,21,23)/t17-/m1/s1. The van der Waals surface area contributed by atoms with E-state index in [1.165, 1.54) is 19.3 Å². The van der Waals surface area contributed by atoms with E-state index in [9.17, 15) is 9.59 Å². The largest absolute Gasteiger partial charge is 0.373 e. The van der Waals surface area contributed by atoms with Gasteiger partial charge in [0.2, 0.25) is 5.91 Å². The average molecular weight is 329 g/mol. The van der Waals surface area contributed by atoms with Gasteiger partial charge in [0.25, 0.3) is 0 Å². The lowest BCUT2D eigenvalue weighted by atomic mass is 9.82. The highest BCUT2D eigenvalue weighted by Gasteiger charge is 2.41. The van der Waals surface area contributed by atoms with Gasteiger partial charge in [0.05, 0.1) is 18.2 Å². The zero-order valence-electron chi connectivity index (χ0n) is 14.3. The van der Waals surface area contributed by atoms with Crippen LogP contribution in [0.4, 0.5) is 0 Å². The maximum absolute atomic E-state index is 12.1. The predicted octanol–water partition coefficient (Wildman–Crippen LogP) is 3.65. The highest BCUT2D eigenvalue weighted by Crippen LogP contribution is 2.39. The molecule has 130 valence electrons. The maximum atomic E-state index is 12.1. The van der Waals surface area contributed by atoms with Crippen molar-refractivity contribution in [1.82, 2.24) is 5.32 Å². The van der Waals surface area contributed by atoms with Crippen molar-refractivity contribution in [1.29, 1.82) is 0 Å². The van der Waals surface area contributed by atoms with Gasteiger partial charge in [-0.1, -0.05) is 49.6 Å². The zero-order valence-corrected chi connectivity index (χ0v) is 14.3. The van der Waals surface area contributed by atoms with Crippen LogP contribution in [0.3, 0.4) is 0 Å². The molecule has 0 aromatic heterocycles. The minimum absolute atomic E-state index is 0.0273. The van der Waals surface area contributed by atoms with Gasteiger partial charge in [-0.15, -0.1) is 0 Å². The van der Waals surface area contributed by atoms with Crippen molar-refractivity contribution in [3.8, 4) is 0 Å². The Morgan fingerprint density at radius 3 is 2.58 bits per heavy atom. The Balaban J connectivity index is 1.36. The summed E-state index contributed by atoms with van der Waals surface area (Å²) in [7, 11) is 0. The van der Waals surface area contributed by atoms with Crippen molar-refractivity contribution in [2.45, 2.75) is 69.4 Å². The fourth-order valence-corrected chi connectivity index (χ4v) is 3.96.